The van der Waals surface area contributed by atoms with Crippen molar-refractivity contribution in [3.05, 3.63) is 35.0 Å². The first-order valence-corrected chi connectivity index (χ1v) is 8.06. The highest BCUT2D eigenvalue weighted by atomic mass is 35.7. The lowest BCUT2D eigenvalue weighted by Crippen LogP contribution is -2.01. The van der Waals surface area contributed by atoms with Gasteiger partial charge in [-0.3, -0.25) is 0 Å². The zero-order valence-corrected chi connectivity index (χ0v) is 12.7. The summed E-state index contributed by atoms with van der Waals surface area (Å²) in [7, 11) is 1.58. The van der Waals surface area contributed by atoms with Gasteiger partial charge in [0.15, 0.2) is 12.4 Å². The highest BCUT2D eigenvalue weighted by Gasteiger charge is 2.15. The van der Waals surface area contributed by atoms with Gasteiger partial charge in [-0.15, -0.1) is 0 Å². The number of halogens is 1. The van der Waals surface area contributed by atoms with Crippen molar-refractivity contribution in [2.24, 2.45) is 0 Å². The highest BCUT2D eigenvalue weighted by Crippen LogP contribution is 2.28. The van der Waals surface area contributed by atoms with Crippen molar-refractivity contribution in [2.75, 3.05) is 0 Å². The molecule has 0 spiro atoms. The molecule has 0 saturated heterocycles. The van der Waals surface area contributed by atoms with E-state index >= 15 is 0 Å². The van der Waals surface area contributed by atoms with Gasteiger partial charge in [0.05, 0.1) is 4.90 Å². The van der Waals surface area contributed by atoms with Crippen LogP contribution in [-0.4, -0.2) is 18.6 Å². The van der Waals surface area contributed by atoms with Crippen molar-refractivity contribution in [1.82, 2.24) is 10.1 Å². The Labute approximate surface area is 121 Å². The molecule has 20 heavy (non-hydrogen) atoms. The molecule has 0 N–H and O–H groups in total. The number of aryl methyl sites for hydroxylation is 3. The normalized spacial score (nSPS) is 11.6. The third-order valence-corrected chi connectivity index (χ3v) is 3.96. The molecule has 8 heteroatoms. The van der Waals surface area contributed by atoms with Crippen LogP contribution in [-0.2, 0) is 15.7 Å². The van der Waals surface area contributed by atoms with E-state index < -0.39 is 9.05 Å². The maximum Gasteiger partial charge on any atom is 0.264 e. The molecule has 2 aromatic rings. The minimum atomic E-state index is -3.75. The molecular formula is C12H13ClN2O4S. The first-order valence-electron chi connectivity index (χ1n) is 5.75. The van der Waals surface area contributed by atoms with Crippen LogP contribution < -0.4 is 4.74 Å². The van der Waals surface area contributed by atoms with Crippen LogP contribution in [0.3, 0.4) is 0 Å². The lowest BCUT2D eigenvalue weighted by atomic mass is 10.1. The first-order chi connectivity index (χ1) is 9.27. The molecule has 6 nitrogen and oxygen atoms in total. The quantitative estimate of drug-likeness (QED) is 0.806. The number of hydrogen-bond acceptors (Lipinski definition) is 6. The Balaban J connectivity index is 2.25. The van der Waals surface area contributed by atoms with E-state index in [1.54, 1.807) is 20.8 Å². The molecule has 0 unspecified atom stereocenters. The maximum atomic E-state index is 11.3. The van der Waals surface area contributed by atoms with Gasteiger partial charge in [-0.2, -0.15) is 4.98 Å². The summed E-state index contributed by atoms with van der Waals surface area (Å²) >= 11 is 0. The molecule has 0 aliphatic rings. The molecule has 0 atom stereocenters. The summed E-state index contributed by atoms with van der Waals surface area (Å²) in [4.78, 5) is 4.07. The summed E-state index contributed by atoms with van der Waals surface area (Å²) in [6.07, 6.45) is 0. The van der Waals surface area contributed by atoms with Gasteiger partial charge in [0.2, 0.25) is 0 Å². The van der Waals surface area contributed by atoms with Crippen LogP contribution in [0.4, 0.5) is 0 Å². The number of aromatic nitrogens is 2. The van der Waals surface area contributed by atoms with E-state index in [0.29, 0.717) is 28.6 Å². The summed E-state index contributed by atoms with van der Waals surface area (Å²) in [6.45, 7) is 5.32. The second kappa shape index (κ2) is 5.41. The molecular weight excluding hydrogens is 304 g/mol. The summed E-state index contributed by atoms with van der Waals surface area (Å²) in [5.74, 6) is 1.46. The molecule has 0 amide bonds. The van der Waals surface area contributed by atoms with Gasteiger partial charge < -0.3 is 9.26 Å². The van der Waals surface area contributed by atoms with E-state index in [-0.39, 0.29) is 11.5 Å². The number of hydrogen-bond donors (Lipinski definition) is 0. The van der Waals surface area contributed by atoms with Crippen molar-refractivity contribution >= 4 is 19.7 Å². The molecule has 108 valence electrons. The molecule has 1 heterocycles. The molecule has 0 aliphatic heterocycles. The number of nitrogens with zero attached hydrogens (tertiary/aromatic N) is 2. The molecule has 0 radical (unpaired) electrons. The predicted octanol–water partition coefficient (Wildman–Crippen LogP) is 2.50. The van der Waals surface area contributed by atoms with Crippen LogP contribution in [0.15, 0.2) is 21.6 Å². The maximum absolute atomic E-state index is 11.3. The van der Waals surface area contributed by atoms with E-state index in [0.717, 1.165) is 0 Å². The molecule has 0 fully saturated rings. The van der Waals surface area contributed by atoms with Crippen molar-refractivity contribution in [2.45, 2.75) is 32.3 Å². The summed E-state index contributed by atoms with van der Waals surface area (Å²) in [5.41, 5.74) is 1.33. The van der Waals surface area contributed by atoms with Gasteiger partial charge in [0.1, 0.15) is 5.75 Å². The zero-order chi connectivity index (χ0) is 14.9. The number of benzene rings is 1. The van der Waals surface area contributed by atoms with E-state index in [4.69, 9.17) is 19.9 Å². The van der Waals surface area contributed by atoms with Crippen LogP contribution in [0.1, 0.15) is 22.8 Å². The second-order valence-corrected chi connectivity index (χ2v) is 6.91. The fraction of sp³-hybridized carbons (Fsp3) is 0.333. The Morgan fingerprint density at radius 1 is 1.25 bits per heavy atom. The summed E-state index contributed by atoms with van der Waals surface area (Å²) in [6, 6.07) is 2.92. The Kier molecular flexibility index (Phi) is 4.01. The van der Waals surface area contributed by atoms with E-state index in [9.17, 15) is 8.42 Å². The monoisotopic (exact) mass is 316 g/mol. The number of rotatable bonds is 4. The Morgan fingerprint density at radius 3 is 2.30 bits per heavy atom. The molecule has 1 aromatic carbocycles. The largest absolute Gasteiger partial charge is 0.483 e. The molecule has 1 aromatic heterocycles. The fourth-order valence-corrected chi connectivity index (χ4v) is 2.71. The van der Waals surface area contributed by atoms with Gasteiger partial charge in [0, 0.05) is 10.7 Å². The lowest BCUT2D eigenvalue weighted by Gasteiger charge is -2.11. The zero-order valence-electron chi connectivity index (χ0n) is 11.2. The van der Waals surface area contributed by atoms with Crippen molar-refractivity contribution in [1.29, 1.82) is 0 Å². The standard InChI is InChI=1S/C12H13ClN2O4S/c1-7-4-10(20(13,16)17)5-8(2)12(7)18-6-11-14-9(3)15-19-11/h4-5H,6H2,1-3H3. The van der Waals surface area contributed by atoms with Crippen molar-refractivity contribution < 1.29 is 17.7 Å². The summed E-state index contributed by atoms with van der Waals surface area (Å²) in [5, 5.41) is 3.66. The Bertz CT molecular complexity index is 717. The topological polar surface area (TPSA) is 82.3 Å². The molecule has 2 rings (SSSR count). The number of ether oxygens (including phenoxy) is 1. The SMILES string of the molecule is Cc1noc(COc2c(C)cc(S(=O)(=O)Cl)cc2C)n1. The van der Waals surface area contributed by atoms with Crippen molar-refractivity contribution in [3.8, 4) is 5.75 Å². The van der Waals surface area contributed by atoms with Crippen LogP contribution >= 0.6 is 10.7 Å². The molecule has 0 saturated carbocycles. The lowest BCUT2D eigenvalue weighted by molar-refractivity contribution is 0.240. The van der Waals surface area contributed by atoms with Gasteiger partial charge in [-0.05, 0) is 44.0 Å². The van der Waals surface area contributed by atoms with Crippen LogP contribution in [0.25, 0.3) is 0 Å². The van der Waals surface area contributed by atoms with E-state index in [2.05, 4.69) is 10.1 Å². The van der Waals surface area contributed by atoms with Crippen LogP contribution in [0, 0.1) is 20.8 Å². The third kappa shape index (κ3) is 3.29. The average molecular weight is 317 g/mol. The van der Waals surface area contributed by atoms with Gasteiger partial charge in [-0.1, -0.05) is 5.16 Å². The average Bonchev–Trinajstić information content (AvgIpc) is 2.72. The Hall–Kier alpha value is -1.60. The van der Waals surface area contributed by atoms with Gasteiger partial charge >= 0.3 is 0 Å². The second-order valence-electron chi connectivity index (χ2n) is 4.35. The third-order valence-electron chi connectivity index (χ3n) is 2.62. The molecule has 0 bridgehead atoms. The van der Waals surface area contributed by atoms with E-state index in [1.807, 2.05) is 0 Å². The Morgan fingerprint density at radius 2 is 1.85 bits per heavy atom. The highest BCUT2D eigenvalue weighted by molar-refractivity contribution is 8.13. The summed E-state index contributed by atoms with van der Waals surface area (Å²) < 4.78 is 33.2. The van der Waals surface area contributed by atoms with Crippen molar-refractivity contribution in [3.63, 3.8) is 0 Å². The first kappa shape index (κ1) is 14.8. The minimum absolute atomic E-state index is 0.0511. The fourth-order valence-electron chi connectivity index (χ4n) is 1.81. The van der Waals surface area contributed by atoms with Crippen LogP contribution in [0.5, 0.6) is 5.75 Å². The smallest absolute Gasteiger partial charge is 0.264 e. The molecule has 0 aliphatic carbocycles. The predicted molar refractivity (Wildman–Crippen MR) is 72.3 cm³/mol. The minimum Gasteiger partial charge on any atom is -0.483 e. The van der Waals surface area contributed by atoms with Gasteiger partial charge in [0.25, 0.3) is 14.9 Å². The van der Waals surface area contributed by atoms with E-state index in [1.165, 1.54) is 12.1 Å². The van der Waals surface area contributed by atoms with Gasteiger partial charge in [-0.25, -0.2) is 8.42 Å². The van der Waals surface area contributed by atoms with Crippen LogP contribution in [0.2, 0.25) is 0 Å².